The quantitative estimate of drug-likeness (QED) is 0.640. The molecule has 0 aromatic heterocycles. The molecule has 30 heavy (non-hydrogen) atoms. The van der Waals surface area contributed by atoms with Crippen LogP contribution < -0.4 is 4.90 Å². The SMILES string of the molecule is N#Cc1ccccc1N1CCCN(S(=O)(=O)c2ccccc2-c2ccccc2)CC1. The van der Waals surface area contributed by atoms with Crippen molar-refractivity contribution in [3.63, 3.8) is 0 Å². The van der Waals surface area contributed by atoms with E-state index in [2.05, 4.69) is 11.0 Å². The minimum Gasteiger partial charge on any atom is -0.369 e. The van der Waals surface area contributed by atoms with Crippen LogP contribution in [0.5, 0.6) is 0 Å². The number of nitrogens with zero attached hydrogens (tertiary/aromatic N) is 3. The first kappa shape index (κ1) is 20.1. The monoisotopic (exact) mass is 417 g/mol. The van der Waals surface area contributed by atoms with Crippen molar-refractivity contribution >= 4 is 15.7 Å². The van der Waals surface area contributed by atoms with Crippen molar-refractivity contribution in [2.75, 3.05) is 31.1 Å². The number of hydrogen-bond donors (Lipinski definition) is 0. The Kier molecular flexibility index (Phi) is 5.84. The van der Waals surface area contributed by atoms with E-state index in [9.17, 15) is 13.7 Å². The lowest BCUT2D eigenvalue weighted by Crippen LogP contribution is -2.35. The first-order chi connectivity index (χ1) is 14.6. The van der Waals surface area contributed by atoms with Gasteiger partial charge in [0.25, 0.3) is 0 Å². The molecule has 0 aliphatic carbocycles. The third-order valence-corrected chi connectivity index (χ3v) is 7.37. The maximum Gasteiger partial charge on any atom is 0.243 e. The van der Waals surface area contributed by atoms with Gasteiger partial charge in [-0.05, 0) is 30.2 Å². The summed E-state index contributed by atoms with van der Waals surface area (Å²) in [5.41, 5.74) is 3.08. The zero-order chi connectivity index (χ0) is 21.0. The summed E-state index contributed by atoms with van der Waals surface area (Å²) in [7, 11) is -3.64. The fourth-order valence-corrected chi connectivity index (χ4v) is 5.59. The summed E-state index contributed by atoms with van der Waals surface area (Å²) >= 11 is 0. The molecule has 4 rings (SSSR count). The van der Waals surface area contributed by atoms with Crippen LogP contribution in [0.2, 0.25) is 0 Å². The predicted octanol–water partition coefficient (Wildman–Crippen LogP) is 4.13. The number of nitriles is 1. The maximum absolute atomic E-state index is 13.6. The van der Waals surface area contributed by atoms with Gasteiger partial charge in [0, 0.05) is 31.7 Å². The Morgan fingerprint density at radius 1 is 0.767 bits per heavy atom. The minimum absolute atomic E-state index is 0.335. The summed E-state index contributed by atoms with van der Waals surface area (Å²) in [5, 5.41) is 9.41. The van der Waals surface area contributed by atoms with Crippen LogP contribution in [-0.4, -0.2) is 38.9 Å². The summed E-state index contributed by atoms with van der Waals surface area (Å²) in [6.07, 6.45) is 0.701. The van der Waals surface area contributed by atoms with Gasteiger partial charge in [0.05, 0.1) is 16.1 Å². The largest absolute Gasteiger partial charge is 0.369 e. The van der Waals surface area contributed by atoms with Crippen molar-refractivity contribution < 1.29 is 8.42 Å². The van der Waals surface area contributed by atoms with E-state index in [1.807, 2.05) is 60.7 Å². The van der Waals surface area contributed by atoms with Gasteiger partial charge in [-0.1, -0.05) is 60.7 Å². The Morgan fingerprint density at radius 3 is 2.27 bits per heavy atom. The van der Waals surface area contributed by atoms with Gasteiger partial charge >= 0.3 is 0 Å². The van der Waals surface area contributed by atoms with Gasteiger partial charge in [-0.2, -0.15) is 9.57 Å². The highest BCUT2D eigenvalue weighted by molar-refractivity contribution is 7.89. The molecule has 1 fully saturated rings. The lowest BCUT2D eigenvalue weighted by atomic mass is 10.1. The van der Waals surface area contributed by atoms with Crippen LogP contribution in [0.1, 0.15) is 12.0 Å². The predicted molar refractivity (Wildman–Crippen MR) is 119 cm³/mol. The average Bonchev–Trinajstić information content (AvgIpc) is 3.06. The summed E-state index contributed by atoms with van der Waals surface area (Å²) in [5.74, 6) is 0. The number of benzene rings is 3. The average molecular weight is 418 g/mol. The Labute approximate surface area is 177 Å². The lowest BCUT2D eigenvalue weighted by molar-refractivity contribution is 0.433. The molecule has 6 heteroatoms. The number of sulfonamides is 1. The highest BCUT2D eigenvalue weighted by Gasteiger charge is 2.29. The Balaban J connectivity index is 1.62. The van der Waals surface area contributed by atoms with Crippen molar-refractivity contribution in [1.29, 1.82) is 5.26 Å². The molecule has 0 atom stereocenters. The molecule has 1 aliphatic rings. The summed E-state index contributed by atoms with van der Waals surface area (Å²) in [6, 6.07) is 26.5. The molecule has 3 aromatic rings. The molecule has 0 N–H and O–H groups in total. The zero-order valence-electron chi connectivity index (χ0n) is 16.6. The van der Waals surface area contributed by atoms with Crippen LogP contribution in [0.4, 0.5) is 5.69 Å². The molecule has 1 aliphatic heterocycles. The van der Waals surface area contributed by atoms with Crippen LogP contribution in [0.3, 0.4) is 0 Å². The molecule has 1 saturated heterocycles. The van der Waals surface area contributed by atoms with Crippen LogP contribution in [0, 0.1) is 11.3 Å². The molecule has 0 bridgehead atoms. The molecule has 0 saturated carbocycles. The van der Waals surface area contributed by atoms with Crippen molar-refractivity contribution in [2.45, 2.75) is 11.3 Å². The molecule has 152 valence electrons. The molecular formula is C24H23N3O2S. The lowest BCUT2D eigenvalue weighted by Gasteiger charge is -2.24. The van der Waals surface area contributed by atoms with E-state index < -0.39 is 10.0 Å². The van der Waals surface area contributed by atoms with E-state index in [0.717, 1.165) is 11.3 Å². The summed E-state index contributed by atoms with van der Waals surface area (Å²) < 4.78 is 28.7. The van der Waals surface area contributed by atoms with Gasteiger partial charge in [0.2, 0.25) is 10.0 Å². The van der Waals surface area contributed by atoms with E-state index in [4.69, 9.17) is 0 Å². The van der Waals surface area contributed by atoms with E-state index in [1.54, 1.807) is 22.5 Å². The molecule has 0 radical (unpaired) electrons. The van der Waals surface area contributed by atoms with Gasteiger partial charge in [0.15, 0.2) is 0 Å². The maximum atomic E-state index is 13.6. The first-order valence-electron chi connectivity index (χ1n) is 10.00. The Morgan fingerprint density at radius 2 is 1.47 bits per heavy atom. The molecule has 3 aromatic carbocycles. The molecule has 1 heterocycles. The molecule has 0 unspecified atom stereocenters. The molecule has 0 amide bonds. The van der Waals surface area contributed by atoms with Crippen LogP contribution in [-0.2, 0) is 10.0 Å². The van der Waals surface area contributed by atoms with E-state index in [-0.39, 0.29) is 0 Å². The number of hydrogen-bond acceptors (Lipinski definition) is 4. The first-order valence-corrected chi connectivity index (χ1v) is 11.4. The van der Waals surface area contributed by atoms with Crippen LogP contribution in [0.25, 0.3) is 11.1 Å². The van der Waals surface area contributed by atoms with Gasteiger partial charge in [0.1, 0.15) is 6.07 Å². The van der Waals surface area contributed by atoms with Gasteiger partial charge < -0.3 is 4.90 Å². The fourth-order valence-electron chi connectivity index (χ4n) is 3.91. The van der Waals surface area contributed by atoms with Crippen LogP contribution >= 0.6 is 0 Å². The number of rotatable bonds is 4. The highest BCUT2D eigenvalue weighted by Crippen LogP contribution is 2.30. The van der Waals surface area contributed by atoms with E-state index in [0.29, 0.717) is 48.6 Å². The third-order valence-electron chi connectivity index (χ3n) is 5.41. The Hall–Kier alpha value is -3.14. The van der Waals surface area contributed by atoms with Crippen molar-refractivity contribution in [2.24, 2.45) is 0 Å². The smallest absolute Gasteiger partial charge is 0.243 e. The number of para-hydroxylation sites is 1. The highest BCUT2D eigenvalue weighted by atomic mass is 32.2. The standard InChI is InChI=1S/C24H23N3O2S/c25-19-21-11-4-6-13-23(21)26-15-8-16-27(18-17-26)30(28,29)24-14-7-5-12-22(24)20-9-2-1-3-10-20/h1-7,9-14H,8,15-18H2. The zero-order valence-corrected chi connectivity index (χ0v) is 17.4. The summed E-state index contributed by atoms with van der Waals surface area (Å²) in [6.45, 7) is 2.10. The minimum atomic E-state index is -3.64. The van der Waals surface area contributed by atoms with Crippen LogP contribution in [0.15, 0.2) is 83.8 Å². The van der Waals surface area contributed by atoms with Gasteiger partial charge in [-0.15, -0.1) is 0 Å². The van der Waals surface area contributed by atoms with Crippen molar-refractivity contribution in [1.82, 2.24) is 4.31 Å². The molecular weight excluding hydrogens is 394 g/mol. The van der Waals surface area contributed by atoms with Gasteiger partial charge in [-0.25, -0.2) is 8.42 Å². The summed E-state index contributed by atoms with van der Waals surface area (Å²) in [4.78, 5) is 2.44. The van der Waals surface area contributed by atoms with Crippen molar-refractivity contribution in [3.8, 4) is 17.2 Å². The number of anilines is 1. The molecule has 5 nitrogen and oxygen atoms in total. The van der Waals surface area contributed by atoms with E-state index >= 15 is 0 Å². The fraction of sp³-hybridized carbons (Fsp3) is 0.208. The van der Waals surface area contributed by atoms with E-state index in [1.165, 1.54) is 0 Å². The topological polar surface area (TPSA) is 64.4 Å². The Bertz CT molecular complexity index is 1170. The van der Waals surface area contributed by atoms with Gasteiger partial charge in [-0.3, -0.25) is 0 Å². The molecule has 0 spiro atoms. The second kappa shape index (κ2) is 8.70. The normalized spacial score (nSPS) is 15.4. The second-order valence-electron chi connectivity index (χ2n) is 7.24. The second-order valence-corrected chi connectivity index (χ2v) is 9.14. The van der Waals surface area contributed by atoms with Crippen molar-refractivity contribution in [3.05, 3.63) is 84.4 Å². The third kappa shape index (κ3) is 3.95.